The molecule has 27 heavy (non-hydrogen) atoms. The van der Waals surface area contributed by atoms with E-state index in [9.17, 15) is 18.2 Å². The van der Waals surface area contributed by atoms with Gasteiger partial charge in [-0.2, -0.15) is 4.33 Å². The number of nitrogens with zero attached hydrogens (tertiary/aromatic N) is 1. The Hall–Kier alpha value is 0.380. The number of hydrogen-bond acceptors (Lipinski definition) is 7. The average Bonchev–Trinajstić information content (AvgIpc) is 2.91. The molecule has 3 rings (SSSR count). The number of hydrogen-bond donors (Lipinski definition) is 0. The summed E-state index contributed by atoms with van der Waals surface area (Å²) in [4.78, 5) is 0.335. The molecule has 0 aliphatic carbocycles. The molecule has 0 amide bonds. The van der Waals surface area contributed by atoms with E-state index in [1.54, 1.807) is 18.2 Å². The second kappa shape index (κ2) is 10.4. The molecule has 2 aromatic carbocycles. The summed E-state index contributed by atoms with van der Waals surface area (Å²) in [5, 5.41) is 14.8. The van der Waals surface area contributed by atoms with Crippen LogP contribution < -0.4 is 64.4 Å². The van der Waals surface area contributed by atoms with E-state index in [-0.39, 0.29) is 70.1 Å². The van der Waals surface area contributed by atoms with Gasteiger partial charge in [-0.05, 0) is 49.7 Å². The Labute approximate surface area is 205 Å². The third kappa shape index (κ3) is 5.30. The first kappa shape index (κ1) is 25.4. The summed E-state index contributed by atoms with van der Waals surface area (Å²) in [7, 11) is -4.55. The minimum atomic E-state index is -4.55. The van der Waals surface area contributed by atoms with Gasteiger partial charge in [-0.15, -0.1) is 0 Å². The fraction of sp³-hybridized carbons (Fsp3) is 0.250. The molecule has 1 heterocycles. The molecule has 0 saturated heterocycles. The molecule has 0 fully saturated rings. The molecule has 0 spiro atoms. The number of rotatable bonds is 6. The van der Waals surface area contributed by atoms with Crippen molar-refractivity contribution >= 4 is 44.0 Å². The maximum absolute atomic E-state index is 11.4. The van der Waals surface area contributed by atoms with Crippen LogP contribution in [-0.2, 0) is 19.5 Å². The van der Waals surface area contributed by atoms with Crippen molar-refractivity contribution in [1.82, 2.24) is 4.57 Å². The van der Waals surface area contributed by atoms with Crippen molar-refractivity contribution in [2.45, 2.75) is 36.1 Å². The summed E-state index contributed by atoms with van der Waals surface area (Å²) < 4.78 is 40.6. The minimum absolute atomic E-state index is 0. The van der Waals surface area contributed by atoms with Crippen LogP contribution in [0.3, 0.4) is 0 Å². The molecule has 0 aliphatic heterocycles. The van der Waals surface area contributed by atoms with Crippen molar-refractivity contribution in [3.8, 4) is 0 Å². The van der Waals surface area contributed by atoms with Crippen molar-refractivity contribution in [2.24, 2.45) is 0 Å². The standard InChI is InChI=1S/C16H17NO6S2.2Na/c1-3-10(2)17-15-6-4-11(24-23-22-18)8-13(15)14-9-12(25(19,20)21)5-7-16(14)17;;/h4-10,18H,3H2,1-2H3,(H,19,20,21);;/q;2*+1/p-2. The summed E-state index contributed by atoms with van der Waals surface area (Å²) in [5.74, 6) is 0. The molecule has 0 radical (unpaired) electrons. The molecular weight excluding hydrogens is 412 g/mol. The molecule has 1 aromatic heterocycles. The molecule has 3 aromatic rings. The van der Waals surface area contributed by atoms with E-state index in [1.165, 1.54) is 12.1 Å². The molecule has 134 valence electrons. The summed E-state index contributed by atoms with van der Waals surface area (Å²) in [5.41, 5.74) is 1.73. The third-order valence-corrected chi connectivity index (χ3v) is 5.62. The van der Waals surface area contributed by atoms with Gasteiger partial charge in [-0.1, -0.05) is 6.92 Å². The van der Waals surface area contributed by atoms with E-state index in [2.05, 4.69) is 27.8 Å². The maximum Gasteiger partial charge on any atom is 1.00 e. The SMILES string of the molecule is CCC(C)n1c2ccc(SOO[O-])cc2c2cc(S(=O)(=O)[O-])ccc21.[Na+].[Na+]. The van der Waals surface area contributed by atoms with Crippen LogP contribution in [0, 0.1) is 0 Å². The van der Waals surface area contributed by atoms with Gasteiger partial charge in [-0.3, -0.25) is 5.04 Å². The molecule has 1 atom stereocenters. The first-order chi connectivity index (χ1) is 11.9. The van der Waals surface area contributed by atoms with Gasteiger partial charge in [0.1, 0.15) is 10.1 Å². The Morgan fingerprint density at radius 1 is 1.11 bits per heavy atom. The predicted molar refractivity (Wildman–Crippen MR) is 90.4 cm³/mol. The van der Waals surface area contributed by atoms with Gasteiger partial charge < -0.3 is 14.4 Å². The fourth-order valence-electron chi connectivity index (χ4n) is 2.93. The van der Waals surface area contributed by atoms with Gasteiger partial charge in [0.05, 0.1) is 16.9 Å². The number of benzene rings is 2. The molecule has 0 bridgehead atoms. The minimum Gasteiger partial charge on any atom is -0.744 e. The van der Waals surface area contributed by atoms with Gasteiger partial charge in [0.2, 0.25) is 0 Å². The third-order valence-electron chi connectivity index (χ3n) is 4.22. The molecule has 0 aliphatic rings. The summed E-state index contributed by atoms with van der Waals surface area (Å²) in [6.07, 6.45) is 0.879. The average molecular weight is 427 g/mol. The van der Waals surface area contributed by atoms with E-state index in [0.717, 1.165) is 34.9 Å². The molecule has 0 N–H and O–H groups in total. The molecule has 7 nitrogen and oxygen atoms in total. The maximum atomic E-state index is 11.4. The quantitative estimate of drug-likeness (QED) is 0.135. The molecule has 11 heteroatoms. The normalized spacial score (nSPS) is 12.6. The van der Waals surface area contributed by atoms with Gasteiger partial charge in [0.15, 0.2) is 0 Å². The second-order valence-electron chi connectivity index (χ2n) is 5.66. The van der Waals surface area contributed by atoms with Gasteiger partial charge in [0.25, 0.3) is 0 Å². The van der Waals surface area contributed by atoms with Crippen LogP contribution in [0.25, 0.3) is 21.8 Å². The van der Waals surface area contributed by atoms with Crippen LogP contribution in [0.2, 0.25) is 0 Å². The Morgan fingerprint density at radius 2 is 1.70 bits per heavy atom. The zero-order chi connectivity index (χ0) is 18.2. The van der Waals surface area contributed by atoms with E-state index < -0.39 is 10.1 Å². The summed E-state index contributed by atoms with van der Waals surface area (Å²) in [6.45, 7) is 4.12. The van der Waals surface area contributed by atoms with Crippen LogP contribution in [0.4, 0.5) is 0 Å². The van der Waals surface area contributed by atoms with Gasteiger partial charge in [-0.25, -0.2) is 8.42 Å². The first-order valence-electron chi connectivity index (χ1n) is 7.53. The Morgan fingerprint density at radius 3 is 2.26 bits per heavy atom. The van der Waals surface area contributed by atoms with Crippen molar-refractivity contribution in [3.05, 3.63) is 36.4 Å². The largest absolute Gasteiger partial charge is 1.00 e. The predicted octanol–water partition coefficient (Wildman–Crippen LogP) is -3.09. The van der Waals surface area contributed by atoms with Gasteiger partial charge >= 0.3 is 59.1 Å². The molecular formula is C16H15NNa2O6S2. The number of aromatic nitrogens is 1. The molecule has 0 saturated carbocycles. The van der Waals surface area contributed by atoms with Gasteiger partial charge in [0, 0.05) is 32.7 Å². The number of fused-ring (bicyclic) bond motifs is 3. The zero-order valence-corrected chi connectivity index (χ0v) is 21.1. The summed E-state index contributed by atoms with van der Waals surface area (Å²) >= 11 is 0.753. The second-order valence-corrected chi connectivity index (χ2v) is 7.81. The monoisotopic (exact) mass is 427 g/mol. The Balaban J connectivity index is 0.00000182. The van der Waals surface area contributed by atoms with Crippen LogP contribution >= 0.6 is 12.0 Å². The zero-order valence-electron chi connectivity index (χ0n) is 15.5. The van der Waals surface area contributed by atoms with Crippen molar-refractivity contribution < 1.29 is 86.7 Å². The Bertz CT molecular complexity index is 1040. The fourth-order valence-corrected chi connectivity index (χ4v) is 3.82. The van der Waals surface area contributed by atoms with Crippen molar-refractivity contribution in [3.63, 3.8) is 0 Å². The smallest absolute Gasteiger partial charge is 0.744 e. The van der Waals surface area contributed by atoms with Crippen LogP contribution in [0.5, 0.6) is 0 Å². The van der Waals surface area contributed by atoms with E-state index in [1.807, 2.05) is 6.07 Å². The summed E-state index contributed by atoms with van der Waals surface area (Å²) in [6, 6.07) is 9.94. The first-order valence-corrected chi connectivity index (χ1v) is 9.68. The van der Waals surface area contributed by atoms with Crippen LogP contribution in [0.15, 0.2) is 46.2 Å². The molecule has 1 unspecified atom stereocenters. The Kier molecular flexibility index (Phi) is 9.81. The van der Waals surface area contributed by atoms with Crippen LogP contribution in [-0.4, -0.2) is 17.5 Å². The van der Waals surface area contributed by atoms with E-state index in [0.29, 0.717) is 10.3 Å². The van der Waals surface area contributed by atoms with E-state index >= 15 is 0 Å². The van der Waals surface area contributed by atoms with Crippen LogP contribution in [0.1, 0.15) is 26.3 Å². The van der Waals surface area contributed by atoms with Crippen molar-refractivity contribution in [2.75, 3.05) is 0 Å². The van der Waals surface area contributed by atoms with Crippen molar-refractivity contribution in [1.29, 1.82) is 0 Å². The van der Waals surface area contributed by atoms with E-state index in [4.69, 9.17) is 0 Å². The topological polar surface area (TPSA) is 104 Å².